The Morgan fingerprint density at radius 2 is 1.94 bits per heavy atom. The number of Topliss-reactive ketones (excluding diaryl/α,β-unsaturated/α-hetero) is 1. The predicted molar refractivity (Wildman–Crippen MR) is 69.1 cm³/mol. The summed E-state index contributed by atoms with van der Waals surface area (Å²) in [6.45, 7) is 9.47. The molecular formula is C13H26N2O. The Labute approximate surface area is 99.5 Å². The third-order valence-corrected chi connectivity index (χ3v) is 2.61. The number of hydrogen-bond acceptors (Lipinski definition) is 3. The van der Waals surface area contributed by atoms with Crippen molar-refractivity contribution in [1.29, 1.82) is 0 Å². The van der Waals surface area contributed by atoms with Crippen LogP contribution in [-0.2, 0) is 4.79 Å². The molecule has 0 amide bonds. The maximum atomic E-state index is 11.6. The molecule has 16 heavy (non-hydrogen) atoms. The summed E-state index contributed by atoms with van der Waals surface area (Å²) in [5, 5.41) is 3.28. The van der Waals surface area contributed by atoms with Crippen LogP contribution in [0.1, 0.15) is 40.5 Å². The summed E-state index contributed by atoms with van der Waals surface area (Å²) < 4.78 is 0. The molecule has 3 nitrogen and oxygen atoms in total. The van der Waals surface area contributed by atoms with Gasteiger partial charge in [0.25, 0.3) is 0 Å². The molecule has 1 unspecified atom stereocenters. The van der Waals surface area contributed by atoms with Gasteiger partial charge in [0.1, 0.15) is 5.78 Å². The molecule has 0 saturated heterocycles. The van der Waals surface area contributed by atoms with Gasteiger partial charge in [0, 0.05) is 31.1 Å². The molecule has 0 fully saturated rings. The predicted octanol–water partition coefficient (Wildman–Crippen LogP) is 2.08. The fourth-order valence-corrected chi connectivity index (χ4v) is 1.55. The van der Waals surface area contributed by atoms with Crippen LogP contribution in [0.5, 0.6) is 0 Å². The fourth-order valence-electron chi connectivity index (χ4n) is 1.55. The first kappa shape index (κ1) is 15.2. The summed E-state index contributed by atoms with van der Waals surface area (Å²) in [5.74, 6) is 0.890. The van der Waals surface area contributed by atoms with Crippen LogP contribution >= 0.6 is 0 Å². The molecule has 0 aliphatic carbocycles. The van der Waals surface area contributed by atoms with Gasteiger partial charge in [-0.15, -0.1) is 0 Å². The Morgan fingerprint density at radius 1 is 1.31 bits per heavy atom. The van der Waals surface area contributed by atoms with E-state index in [1.165, 1.54) is 5.70 Å². The minimum absolute atomic E-state index is 0.147. The van der Waals surface area contributed by atoms with Crippen molar-refractivity contribution in [3.05, 3.63) is 11.8 Å². The number of nitrogens with two attached hydrogens (primary N) is 1. The van der Waals surface area contributed by atoms with Gasteiger partial charge >= 0.3 is 0 Å². The van der Waals surface area contributed by atoms with Crippen molar-refractivity contribution in [2.45, 2.75) is 40.5 Å². The highest BCUT2D eigenvalue weighted by Crippen LogP contribution is 2.15. The van der Waals surface area contributed by atoms with Crippen LogP contribution in [-0.4, -0.2) is 18.9 Å². The molecule has 94 valence electrons. The highest BCUT2D eigenvalue weighted by molar-refractivity contribution is 5.80. The summed E-state index contributed by atoms with van der Waals surface area (Å²) in [6.07, 6.45) is 3.65. The summed E-state index contributed by atoms with van der Waals surface area (Å²) in [5.41, 5.74) is 6.63. The first-order chi connectivity index (χ1) is 7.51. The number of carbonyl (C=O) groups is 1. The number of ketones is 1. The number of nitrogens with one attached hydrogen (secondary N) is 1. The monoisotopic (exact) mass is 226 g/mol. The van der Waals surface area contributed by atoms with Gasteiger partial charge in [-0.1, -0.05) is 26.8 Å². The Morgan fingerprint density at radius 3 is 2.38 bits per heavy atom. The molecule has 0 spiro atoms. The zero-order valence-corrected chi connectivity index (χ0v) is 11.0. The molecular weight excluding hydrogens is 200 g/mol. The lowest BCUT2D eigenvalue weighted by Crippen LogP contribution is -2.23. The van der Waals surface area contributed by atoms with E-state index in [2.05, 4.69) is 18.3 Å². The Hall–Kier alpha value is -0.830. The fraction of sp³-hybridized carbons (Fsp3) is 0.769. The first-order valence-electron chi connectivity index (χ1n) is 6.13. The highest BCUT2D eigenvalue weighted by atomic mass is 16.1. The Kier molecular flexibility index (Phi) is 7.90. The topological polar surface area (TPSA) is 55.1 Å². The lowest BCUT2D eigenvalue weighted by molar-refractivity contribution is -0.122. The van der Waals surface area contributed by atoms with Crippen molar-refractivity contribution in [2.75, 3.05) is 13.1 Å². The molecule has 1 atom stereocenters. The van der Waals surface area contributed by atoms with E-state index in [0.29, 0.717) is 24.7 Å². The number of allylic oxidation sites excluding steroid dienone is 2. The van der Waals surface area contributed by atoms with Gasteiger partial charge in [-0.05, 0) is 19.3 Å². The van der Waals surface area contributed by atoms with Gasteiger partial charge in [-0.25, -0.2) is 0 Å². The van der Waals surface area contributed by atoms with Gasteiger partial charge in [-0.2, -0.15) is 0 Å². The molecule has 0 aromatic carbocycles. The Balaban J connectivity index is 4.01. The van der Waals surface area contributed by atoms with Gasteiger partial charge in [0.15, 0.2) is 0 Å². The van der Waals surface area contributed by atoms with Crippen LogP contribution in [0.2, 0.25) is 0 Å². The molecule has 0 bridgehead atoms. The van der Waals surface area contributed by atoms with Crippen molar-refractivity contribution < 1.29 is 4.79 Å². The summed E-state index contributed by atoms with van der Waals surface area (Å²) in [4.78, 5) is 11.6. The van der Waals surface area contributed by atoms with Gasteiger partial charge in [-0.3, -0.25) is 4.79 Å². The lowest BCUT2D eigenvalue weighted by atomic mass is 9.94. The molecule has 0 aromatic rings. The van der Waals surface area contributed by atoms with Crippen molar-refractivity contribution in [2.24, 2.45) is 17.6 Å². The van der Waals surface area contributed by atoms with E-state index in [1.54, 1.807) is 0 Å². The third kappa shape index (κ3) is 6.62. The summed E-state index contributed by atoms with van der Waals surface area (Å²) in [7, 11) is 0. The average Bonchev–Trinajstić information content (AvgIpc) is 2.23. The van der Waals surface area contributed by atoms with Crippen LogP contribution in [0.15, 0.2) is 11.8 Å². The van der Waals surface area contributed by atoms with Crippen molar-refractivity contribution in [3.63, 3.8) is 0 Å². The second-order valence-corrected chi connectivity index (χ2v) is 4.66. The summed E-state index contributed by atoms with van der Waals surface area (Å²) in [6, 6.07) is 0. The van der Waals surface area contributed by atoms with Crippen molar-refractivity contribution >= 4 is 5.78 Å². The molecule has 3 heteroatoms. The van der Waals surface area contributed by atoms with Crippen LogP contribution in [0, 0.1) is 11.8 Å². The van der Waals surface area contributed by atoms with Crippen LogP contribution in [0.25, 0.3) is 0 Å². The van der Waals surface area contributed by atoms with Gasteiger partial charge in [0.05, 0.1) is 0 Å². The van der Waals surface area contributed by atoms with E-state index in [4.69, 9.17) is 5.73 Å². The number of rotatable bonds is 8. The molecule has 0 saturated carbocycles. The second kappa shape index (κ2) is 8.34. The zero-order valence-electron chi connectivity index (χ0n) is 11.0. The smallest absolute Gasteiger partial charge is 0.135 e. The number of hydrogen-bond donors (Lipinski definition) is 2. The minimum atomic E-state index is 0.147. The van der Waals surface area contributed by atoms with E-state index >= 15 is 0 Å². The highest BCUT2D eigenvalue weighted by Gasteiger charge is 2.13. The minimum Gasteiger partial charge on any atom is -0.387 e. The van der Waals surface area contributed by atoms with Crippen molar-refractivity contribution in [1.82, 2.24) is 5.32 Å². The normalized spacial score (nSPS) is 14.0. The third-order valence-electron chi connectivity index (χ3n) is 2.61. The van der Waals surface area contributed by atoms with Crippen LogP contribution in [0.4, 0.5) is 0 Å². The zero-order chi connectivity index (χ0) is 12.6. The second-order valence-electron chi connectivity index (χ2n) is 4.66. The molecule has 0 aliphatic heterocycles. The quantitative estimate of drug-likeness (QED) is 0.666. The molecule has 0 aliphatic rings. The largest absolute Gasteiger partial charge is 0.387 e. The molecule has 0 aromatic heterocycles. The standard InChI is InChI=1S/C13H26N2O/c1-5-12(15-7-6-14)8-11(4)9-13(16)10(2)3/h5,10-11,15H,6-9,14H2,1-4H3/b12-5-. The maximum Gasteiger partial charge on any atom is 0.135 e. The van der Waals surface area contributed by atoms with Gasteiger partial charge in [0.2, 0.25) is 0 Å². The lowest BCUT2D eigenvalue weighted by Gasteiger charge is -2.16. The van der Waals surface area contributed by atoms with Gasteiger partial charge < -0.3 is 11.1 Å². The summed E-state index contributed by atoms with van der Waals surface area (Å²) >= 11 is 0. The SMILES string of the molecule is C/C=C(/CC(C)CC(=O)C(C)C)NCCN. The van der Waals surface area contributed by atoms with Crippen LogP contribution < -0.4 is 11.1 Å². The van der Waals surface area contributed by atoms with E-state index < -0.39 is 0 Å². The molecule has 0 heterocycles. The first-order valence-corrected chi connectivity index (χ1v) is 6.13. The van der Waals surface area contributed by atoms with Crippen LogP contribution in [0.3, 0.4) is 0 Å². The maximum absolute atomic E-state index is 11.6. The van der Waals surface area contributed by atoms with Crippen molar-refractivity contribution in [3.8, 4) is 0 Å². The Bertz CT molecular complexity index is 234. The molecule has 3 N–H and O–H groups in total. The van der Waals surface area contributed by atoms with E-state index in [1.807, 2.05) is 20.8 Å². The van der Waals surface area contributed by atoms with E-state index in [-0.39, 0.29) is 5.92 Å². The molecule has 0 radical (unpaired) electrons. The molecule has 0 rings (SSSR count). The average molecular weight is 226 g/mol. The van der Waals surface area contributed by atoms with E-state index in [0.717, 1.165) is 13.0 Å². The van der Waals surface area contributed by atoms with E-state index in [9.17, 15) is 4.79 Å². The number of carbonyl (C=O) groups excluding carboxylic acids is 1.